The lowest BCUT2D eigenvalue weighted by molar-refractivity contribution is -0.133. The molecule has 2 aliphatic carbocycles. The van der Waals surface area contributed by atoms with Crippen molar-refractivity contribution >= 4 is 38.6 Å². The van der Waals surface area contributed by atoms with E-state index in [1.54, 1.807) is 4.90 Å². The molecule has 5 rings (SSSR count). The van der Waals surface area contributed by atoms with Crippen LogP contribution < -0.4 is 15.8 Å². The van der Waals surface area contributed by atoms with Gasteiger partial charge in [0.25, 0.3) is 5.56 Å². The van der Waals surface area contributed by atoms with Crippen molar-refractivity contribution in [1.82, 2.24) is 24.8 Å². The summed E-state index contributed by atoms with van der Waals surface area (Å²) in [5.41, 5.74) is 0.214. The lowest BCUT2D eigenvalue weighted by atomic mass is 9.94. The SMILES string of the molecule is CN(C(=O)Cn1cnc2nc(N3CCC(C(=O)NC4CC4)CC3)sc2c1=O)C1CCCCC1. The molecular weight excluding hydrogens is 440 g/mol. The lowest BCUT2D eigenvalue weighted by Crippen LogP contribution is -2.41. The number of hydrogen-bond donors (Lipinski definition) is 1. The first-order valence-electron chi connectivity index (χ1n) is 12.2. The van der Waals surface area contributed by atoms with E-state index < -0.39 is 0 Å². The smallest absolute Gasteiger partial charge is 0.273 e. The molecule has 2 aromatic rings. The standard InChI is InChI=1S/C23H32N6O3S/c1-27(17-5-3-2-4-6-17)18(30)13-29-14-24-20-19(22(29)32)33-23(26-20)28-11-9-15(10-12-28)21(31)25-16-7-8-16/h14-17H,2-13H2,1H3,(H,25,31). The van der Waals surface area contributed by atoms with Crippen LogP contribution in [0.1, 0.15) is 57.8 Å². The van der Waals surface area contributed by atoms with Crippen LogP contribution in [0.15, 0.2) is 11.1 Å². The summed E-state index contributed by atoms with van der Waals surface area (Å²) in [5, 5.41) is 3.87. The van der Waals surface area contributed by atoms with Gasteiger partial charge in [-0.3, -0.25) is 19.0 Å². The molecule has 2 saturated carbocycles. The van der Waals surface area contributed by atoms with Crippen LogP contribution in [-0.2, 0) is 16.1 Å². The summed E-state index contributed by atoms with van der Waals surface area (Å²) in [5.74, 6) is 0.175. The number of anilines is 1. The number of thiazole rings is 1. The van der Waals surface area contributed by atoms with E-state index >= 15 is 0 Å². The van der Waals surface area contributed by atoms with Crippen LogP contribution >= 0.6 is 11.3 Å². The molecule has 178 valence electrons. The van der Waals surface area contributed by atoms with Gasteiger partial charge in [0.2, 0.25) is 11.8 Å². The molecule has 2 aromatic heterocycles. The molecule has 9 nitrogen and oxygen atoms in total. The Labute approximate surface area is 197 Å². The highest BCUT2D eigenvalue weighted by atomic mass is 32.1. The van der Waals surface area contributed by atoms with Crippen molar-refractivity contribution < 1.29 is 9.59 Å². The zero-order chi connectivity index (χ0) is 22.9. The number of piperidine rings is 1. The molecule has 0 spiro atoms. The van der Waals surface area contributed by atoms with Gasteiger partial charge in [-0.25, -0.2) is 4.98 Å². The van der Waals surface area contributed by atoms with Crippen LogP contribution in [0.3, 0.4) is 0 Å². The van der Waals surface area contributed by atoms with E-state index in [4.69, 9.17) is 0 Å². The van der Waals surface area contributed by atoms with Crippen molar-refractivity contribution in [2.75, 3.05) is 25.0 Å². The monoisotopic (exact) mass is 472 g/mol. The van der Waals surface area contributed by atoms with E-state index in [0.717, 1.165) is 69.6 Å². The van der Waals surface area contributed by atoms with Crippen LogP contribution in [-0.4, -0.2) is 63.5 Å². The molecular formula is C23H32N6O3S. The topological polar surface area (TPSA) is 100 Å². The normalized spacial score (nSPS) is 20.2. The van der Waals surface area contributed by atoms with Crippen LogP contribution in [0.4, 0.5) is 5.13 Å². The summed E-state index contributed by atoms with van der Waals surface area (Å²) in [6.07, 6.45) is 10.8. The molecule has 1 aliphatic heterocycles. The molecule has 1 N–H and O–H groups in total. The van der Waals surface area contributed by atoms with Crippen molar-refractivity contribution in [2.45, 2.75) is 76.4 Å². The van der Waals surface area contributed by atoms with Gasteiger partial charge in [0, 0.05) is 38.1 Å². The molecule has 0 atom stereocenters. The van der Waals surface area contributed by atoms with E-state index in [9.17, 15) is 14.4 Å². The fourth-order valence-corrected chi connectivity index (χ4v) is 5.91. The predicted molar refractivity (Wildman–Crippen MR) is 127 cm³/mol. The molecule has 2 amide bonds. The van der Waals surface area contributed by atoms with E-state index in [2.05, 4.69) is 20.2 Å². The second kappa shape index (κ2) is 9.40. The van der Waals surface area contributed by atoms with Gasteiger partial charge in [0.1, 0.15) is 17.6 Å². The Bertz CT molecular complexity index is 1080. The van der Waals surface area contributed by atoms with Gasteiger partial charge in [0.15, 0.2) is 10.8 Å². The average Bonchev–Trinajstić information content (AvgIpc) is 3.55. The second-order valence-electron chi connectivity index (χ2n) is 9.67. The third-order valence-electron chi connectivity index (χ3n) is 7.25. The van der Waals surface area contributed by atoms with Crippen molar-refractivity contribution in [1.29, 1.82) is 0 Å². The first-order valence-corrected chi connectivity index (χ1v) is 13.0. The minimum atomic E-state index is -0.215. The van der Waals surface area contributed by atoms with E-state index in [0.29, 0.717) is 16.4 Å². The van der Waals surface area contributed by atoms with Crippen LogP contribution in [0.25, 0.3) is 10.3 Å². The maximum Gasteiger partial charge on any atom is 0.273 e. The first kappa shape index (κ1) is 22.3. The third-order valence-corrected chi connectivity index (χ3v) is 8.35. The zero-order valence-electron chi connectivity index (χ0n) is 19.2. The Morgan fingerprint density at radius 2 is 1.85 bits per heavy atom. The van der Waals surface area contributed by atoms with E-state index in [1.807, 2.05) is 7.05 Å². The number of aromatic nitrogens is 3. The molecule has 0 radical (unpaired) electrons. The quantitative estimate of drug-likeness (QED) is 0.691. The van der Waals surface area contributed by atoms with E-state index in [-0.39, 0.29) is 35.9 Å². The van der Waals surface area contributed by atoms with Crippen molar-refractivity contribution in [3.8, 4) is 0 Å². The largest absolute Gasteiger partial charge is 0.353 e. The molecule has 3 fully saturated rings. The van der Waals surface area contributed by atoms with Crippen LogP contribution in [0, 0.1) is 5.92 Å². The number of carbonyl (C=O) groups is 2. The molecule has 10 heteroatoms. The Kier molecular flexibility index (Phi) is 6.36. The first-order chi connectivity index (χ1) is 16.0. The Balaban J connectivity index is 1.24. The number of rotatable bonds is 6. The number of fused-ring (bicyclic) bond motifs is 1. The number of likely N-dealkylation sites (N-methyl/N-ethyl adjacent to an activating group) is 1. The van der Waals surface area contributed by atoms with Gasteiger partial charge in [-0.05, 0) is 38.5 Å². The Morgan fingerprint density at radius 1 is 1.12 bits per heavy atom. The van der Waals surface area contributed by atoms with Crippen LogP contribution in [0.5, 0.6) is 0 Å². The van der Waals surface area contributed by atoms with Crippen molar-refractivity contribution in [2.24, 2.45) is 5.92 Å². The van der Waals surface area contributed by atoms with Crippen LogP contribution in [0.2, 0.25) is 0 Å². The van der Waals surface area contributed by atoms with Gasteiger partial charge >= 0.3 is 0 Å². The highest BCUT2D eigenvalue weighted by molar-refractivity contribution is 7.22. The predicted octanol–water partition coefficient (Wildman–Crippen LogP) is 2.14. The third kappa shape index (κ3) is 4.90. The van der Waals surface area contributed by atoms with E-state index in [1.165, 1.54) is 28.7 Å². The van der Waals surface area contributed by atoms with Gasteiger partial charge in [-0.2, -0.15) is 4.98 Å². The number of nitrogens with zero attached hydrogens (tertiary/aromatic N) is 5. The molecule has 0 bridgehead atoms. The summed E-state index contributed by atoms with van der Waals surface area (Å²) >= 11 is 1.33. The van der Waals surface area contributed by atoms with Gasteiger partial charge in [0.05, 0.1) is 0 Å². The number of amides is 2. The fraction of sp³-hybridized carbons (Fsp3) is 0.696. The molecule has 3 aliphatic rings. The second-order valence-corrected chi connectivity index (χ2v) is 10.6. The van der Waals surface area contributed by atoms with Crippen molar-refractivity contribution in [3.05, 3.63) is 16.7 Å². The molecule has 1 saturated heterocycles. The average molecular weight is 473 g/mol. The summed E-state index contributed by atoms with van der Waals surface area (Å²) in [4.78, 5) is 51.1. The zero-order valence-corrected chi connectivity index (χ0v) is 20.0. The summed E-state index contributed by atoms with van der Waals surface area (Å²) in [6.45, 7) is 1.48. The summed E-state index contributed by atoms with van der Waals surface area (Å²) in [7, 11) is 1.84. The minimum Gasteiger partial charge on any atom is -0.353 e. The lowest BCUT2D eigenvalue weighted by Gasteiger charge is -2.31. The number of carbonyl (C=O) groups excluding carboxylic acids is 2. The molecule has 0 aromatic carbocycles. The van der Waals surface area contributed by atoms with Gasteiger partial charge in [-0.15, -0.1) is 0 Å². The van der Waals surface area contributed by atoms with Gasteiger partial charge < -0.3 is 15.1 Å². The highest BCUT2D eigenvalue weighted by Crippen LogP contribution is 2.30. The summed E-state index contributed by atoms with van der Waals surface area (Å²) < 4.78 is 1.88. The molecule has 0 unspecified atom stereocenters. The minimum absolute atomic E-state index is 0.00348. The van der Waals surface area contributed by atoms with Crippen molar-refractivity contribution in [3.63, 3.8) is 0 Å². The Hall–Kier alpha value is -2.49. The fourth-order valence-electron chi connectivity index (χ4n) is 4.89. The number of hydrogen-bond acceptors (Lipinski definition) is 7. The van der Waals surface area contributed by atoms with Gasteiger partial charge in [-0.1, -0.05) is 30.6 Å². The maximum absolute atomic E-state index is 13.1. The highest BCUT2D eigenvalue weighted by Gasteiger charge is 2.31. The number of nitrogens with one attached hydrogen (secondary N) is 1. The Morgan fingerprint density at radius 3 is 2.55 bits per heavy atom. The maximum atomic E-state index is 13.1. The summed E-state index contributed by atoms with van der Waals surface area (Å²) in [6, 6.07) is 0.658. The molecule has 33 heavy (non-hydrogen) atoms. The molecule has 3 heterocycles.